The first-order valence-electron chi connectivity index (χ1n) is 7.03. The molecule has 0 bridgehead atoms. The number of nitrogens with two attached hydrogens (primary N) is 1. The number of para-hydroxylation sites is 1. The average molecular weight is 256 g/mol. The molecule has 0 atom stereocenters. The maximum atomic E-state index is 5.95. The van der Waals surface area contributed by atoms with E-state index in [4.69, 9.17) is 10.5 Å². The zero-order valence-corrected chi connectivity index (χ0v) is 11.1. The second-order valence-corrected chi connectivity index (χ2v) is 5.34. The molecule has 3 rings (SSSR count). The highest BCUT2D eigenvalue weighted by Gasteiger charge is 2.18. The van der Waals surface area contributed by atoms with Crippen LogP contribution < -0.4 is 5.73 Å². The van der Waals surface area contributed by atoms with Crippen LogP contribution in [0.3, 0.4) is 0 Å². The Morgan fingerprint density at radius 2 is 1.84 bits per heavy atom. The van der Waals surface area contributed by atoms with Gasteiger partial charge >= 0.3 is 0 Å². The van der Waals surface area contributed by atoms with Gasteiger partial charge in [-0.15, -0.1) is 0 Å². The molecule has 0 aliphatic heterocycles. The third-order valence-electron chi connectivity index (χ3n) is 3.84. The van der Waals surface area contributed by atoms with Crippen molar-refractivity contribution in [1.82, 2.24) is 4.98 Å². The fourth-order valence-electron chi connectivity index (χ4n) is 2.65. The van der Waals surface area contributed by atoms with Crippen LogP contribution in [0.1, 0.15) is 31.4 Å². The largest absolute Gasteiger partial charge is 0.372 e. The molecule has 1 fully saturated rings. The van der Waals surface area contributed by atoms with E-state index in [1.807, 2.05) is 18.2 Å². The number of hydrogen-bond acceptors (Lipinski definition) is 3. The second-order valence-electron chi connectivity index (χ2n) is 5.34. The fraction of sp³-hybridized carbons (Fsp3) is 0.438. The van der Waals surface area contributed by atoms with Crippen molar-refractivity contribution < 1.29 is 4.74 Å². The lowest BCUT2D eigenvalue weighted by Crippen LogP contribution is -2.30. The third-order valence-corrected chi connectivity index (χ3v) is 3.84. The van der Waals surface area contributed by atoms with Crippen LogP contribution in [0, 0.1) is 0 Å². The third kappa shape index (κ3) is 3.11. The molecule has 100 valence electrons. The number of fused-ring (bicyclic) bond motifs is 1. The molecule has 0 saturated heterocycles. The summed E-state index contributed by atoms with van der Waals surface area (Å²) < 4.78 is 5.95. The molecule has 0 radical (unpaired) electrons. The van der Waals surface area contributed by atoms with Gasteiger partial charge in [0.15, 0.2) is 0 Å². The van der Waals surface area contributed by atoms with Crippen molar-refractivity contribution in [2.75, 3.05) is 0 Å². The number of pyridine rings is 1. The molecule has 1 aromatic carbocycles. The van der Waals surface area contributed by atoms with Crippen LogP contribution in [0.5, 0.6) is 0 Å². The lowest BCUT2D eigenvalue weighted by atomic mass is 9.94. The van der Waals surface area contributed by atoms with Crippen LogP contribution in [0.25, 0.3) is 10.9 Å². The number of rotatable bonds is 3. The number of ether oxygens (including phenoxy) is 1. The van der Waals surface area contributed by atoms with Crippen molar-refractivity contribution in [1.29, 1.82) is 0 Å². The lowest BCUT2D eigenvalue weighted by molar-refractivity contribution is 0.0124. The molecule has 19 heavy (non-hydrogen) atoms. The normalized spacial score (nSPS) is 23.6. The topological polar surface area (TPSA) is 48.1 Å². The van der Waals surface area contributed by atoms with E-state index in [1.165, 1.54) is 5.39 Å². The Kier molecular flexibility index (Phi) is 3.76. The second kappa shape index (κ2) is 5.68. The van der Waals surface area contributed by atoms with Crippen LogP contribution in [-0.2, 0) is 11.3 Å². The van der Waals surface area contributed by atoms with E-state index in [9.17, 15) is 0 Å². The average Bonchev–Trinajstić information content (AvgIpc) is 2.46. The van der Waals surface area contributed by atoms with Crippen LogP contribution in [0.15, 0.2) is 36.4 Å². The van der Waals surface area contributed by atoms with Gasteiger partial charge in [-0.2, -0.15) is 0 Å². The monoisotopic (exact) mass is 256 g/mol. The summed E-state index contributed by atoms with van der Waals surface area (Å²) in [5.74, 6) is 0. The highest BCUT2D eigenvalue weighted by Crippen LogP contribution is 2.21. The zero-order chi connectivity index (χ0) is 13.1. The molecule has 0 amide bonds. The minimum absolute atomic E-state index is 0.355. The minimum Gasteiger partial charge on any atom is -0.372 e. The highest BCUT2D eigenvalue weighted by atomic mass is 16.5. The van der Waals surface area contributed by atoms with Gasteiger partial charge in [0.2, 0.25) is 0 Å². The molecule has 1 aliphatic rings. The molecule has 2 N–H and O–H groups in total. The summed E-state index contributed by atoms with van der Waals surface area (Å²) in [6.45, 7) is 0.602. The van der Waals surface area contributed by atoms with Crippen LogP contribution in [-0.4, -0.2) is 17.1 Å². The molecular formula is C16H20N2O. The molecule has 0 unspecified atom stereocenters. The summed E-state index contributed by atoms with van der Waals surface area (Å²) in [4.78, 5) is 4.62. The molecule has 1 aliphatic carbocycles. The number of hydrogen-bond donors (Lipinski definition) is 1. The van der Waals surface area contributed by atoms with E-state index in [1.54, 1.807) is 0 Å². The minimum atomic E-state index is 0.355. The van der Waals surface area contributed by atoms with Crippen molar-refractivity contribution in [3.05, 3.63) is 42.1 Å². The van der Waals surface area contributed by atoms with Gasteiger partial charge in [0.25, 0.3) is 0 Å². The van der Waals surface area contributed by atoms with Gasteiger partial charge in [0.1, 0.15) is 0 Å². The standard InChI is InChI=1S/C16H20N2O/c17-13-6-9-15(10-7-13)19-11-14-8-5-12-3-1-2-4-16(12)18-14/h1-5,8,13,15H,6-7,9-11,17H2. The zero-order valence-electron chi connectivity index (χ0n) is 11.1. The molecule has 2 aromatic rings. The van der Waals surface area contributed by atoms with E-state index in [2.05, 4.69) is 23.2 Å². The summed E-state index contributed by atoms with van der Waals surface area (Å²) in [6.07, 6.45) is 4.67. The van der Waals surface area contributed by atoms with E-state index in [0.29, 0.717) is 18.8 Å². The molecule has 1 heterocycles. The van der Waals surface area contributed by atoms with Crippen LogP contribution in [0.4, 0.5) is 0 Å². The quantitative estimate of drug-likeness (QED) is 0.918. The van der Waals surface area contributed by atoms with E-state index in [0.717, 1.165) is 36.9 Å². The van der Waals surface area contributed by atoms with Gasteiger partial charge in [0.05, 0.1) is 23.9 Å². The lowest BCUT2D eigenvalue weighted by Gasteiger charge is -2.26. The van der Waals surface area contributed by atoms with Gasteiger partial charge in [0, 0.05) is 11.4 Å². The predicted octanol–water partition coefficient (Wildman–Crippen LogP) is 3.02. The molecular weight excluding hydrogens is 236 g/mol. The van der Waals surface area contributed by atoms with E-state index >= 15 is 0 Å². The summed E-state index contributed by atoms with van der Waals surface area (Å²) in [7, 11) is 0. The van der Waals surface area contributed by atoms with Gasteiger partial charge < -0.3 is 10.5 Å². The first kappa shape index (κ1) is 12.6. The smallest absolute Gasteiger partial charge is 0.0891 e. The summed E-state index contributed by atoms with van der Waals surface area (Å²) in [5.41, 5.74) is 7.94. The Labute approximate surface area is 113 Å². The Hall–Kier alpha value is -1.45. The van der Waals surface area contributed by atoms with Crippen molar-refractivity contribution in [3.63, 3.8) is 0 Å². The Morgan fingerprint density at radius 1 is 1.05 bits per heavy atom. The van der Waals surface area contributed by atoms with E-state index < -0.39 is 0 Å². The maximum Gasteiger partial charge on any atom is 0.0891 e. The Morgan fingerprint density at radius 3 is 2.68 bits per heavy atom. The van der Waals surface area contributed by atoms with Crippen LogP contribution in [0.2, 0.25) is 0 Å². The Balaban J connectivity index is 1.62. The van der Waals surface area contributed by atoms with Crippen LogP contribution >= 0.6 is 0 Å². The maximum absolute atomic E-state index is 5.95. The predicted molar refractivity (Wildman–Crippen MR) is 76.8 cm³/mol. The number of nitrogens with zero attached hydrogens (tertiary/aromatic N) is 1. The molecule has 3 heteroatoms. The first-order chi connectivity index (χ1) is 9.31. The number of aromatic nitrogens is 1. The first-order valence-corrected chi connectivity index (χ1v) is 7.03. The van der Waals surface area contributed by atoms with E-state index in [-0.39, 0.29) is 0 Å². The molecule has 3 nitrogen and oxygen atoms in total. The Bertz CT molecular complexity index is 547. The van der Waals surface area contributed by atoms with Crippen molar-refractivity contribution in [3.8, 4) is 0 Å². The van der Waals surface area contributed by atoms with Crippen molar-refractivity contribution >= 4 is 10.9 Å². The molecule has 1 saturated carbocycles. The highest BCUT2D eigenvalue weighted by molar-refractivity contribution is 5.78. The summed E-state index contributed by atoms with van der Waals surface area (Å²) in [5, 5.41) is 1.18. The summed E-state index contributed by atoms with van der Waals surface area (Å²) >= 11 is 0. The van der Waals surface area contributed by atoms with Gasteiger partial charge in [-0.25, -0.2) is 0 Å². The fourth-order valence-corrected chi connectivity index (χ4v) is 2.65. The van der Waals surface area contributed by atoms with Crippen molar-refractivity contribution in [2.45, 2.75) is 44.4 Å². The van der Waals surface area contributed by atoms with Gasteiger partial charge in [-0.05, 0) is 37.8 Å². The summed E-state index contributed by atoms with van der Waals surface area (Å²) in [6, 6.07) is 12.7. The SMILES string of the molecule is NC1CCC(OCc2ccc3ccccc3n2)CC1. The van der Waals surface area contributed by atoms with Gasteiger partial charge in [-0.3, -0.25) is 4.98 Å². The van der Waals surface area contributed by atoms with Crippen molar-refractivity contribution in [2.24, 2.45) is 5.73 Å². The molecule has 0 spiro atoms. The molecule has 1 aromatic heterocycles. The van der Waals surface area contributed by atoms with Gasteiger partial charge in [-0.1, -0.05) is 24.3 Å². The number of benzene rings is 1.